The minimum Gasteiger partial charge on any atom is -0.403 e. The average Bonchev–Trinajstić information content (AvgIpc) is 3.13. The number of amides is 1. The molecule has 1 aromatic carbocycles. The van der Waals surface area contributed by atoms with Crippen LogP contribution in [-0.2, 0) is 0 Å². The molecule has 1 amide bonds. The fraction of sp³-hybridized carbons (Fsp3) is 0.231. The number of benzene rings is 1. The van der Waals surface area contributed by atoms with Gasteiger partial charge in [-0.25, -0.2) is 0 Å². The normalized spacial score (nSPS) is 22.4. The van der Waals surface area contributed by atoms with Gasteiger partial charge in [-0.15, -0.1) is 0 Å². The van der Waals surface area contributed by atoms with E-state index in [1.54, 1.807) is 12.1 Å². The SMILES string of the molecule is N=C/C(=C\N)NC(=O)c1ccc(C2CC2N)cc1. The van der Waals surface area contributed by atoms with Crippen LogP contribution in [0.4, 0.5) is 0 Å². The summed E-state index contributed by atoms with van der Waals surface area (Å²) in [5, 5.41) is 9.57. The Balaban J connectivity index is 2.05. The van der Waals surface area contributed by atoms with Crippen molar-refractivity contribution in [3.63, 3.8) is 0 Å². The zero-order valence-electron chi connectivity index (χ0n) is 9.89. The zero-order valence-corrected chi connectivity index (χ0v) is 9.89. The van der Waals surface area contributed by atoms with Gasteiger partial charge in [0.25, 0.3) is 5.91 Å². The van der Waals surface area contributed by atoms with Crippen LogP contribution in [0.1, 0.15) is 28.3 Å². The molecule has 94 valence electrons. The number of nitrogens with one attached hydrogen (secondary N) is 2. The van der Waals surface area contributed by atoms with Gasteiger partial charge in [-0.3, -0.25) is 4.79 Å². The second kappa shape index (κ2) is 5.01. The smallest absolute Gasteiger partial charge is 0.255 e. The van der Waals surface area contributed by atoms with Crippen molar-refractivity contribution in [3.8, 4) is 0 Å². The molecule has 1 aliphatic rings. The topological polar surface area (TPSA) is 105 Å². The van der Waals surface area contributed by atoms with Crippen molar-refractivity contribution in [2.75, 3.05) is 0 Å². The highest BCUT2D eigenvalue weighted by Gasteiger charge is 2.34. The first-order valence-electron chi connectivity index (χ1n) is 5.75. The second-order valence-corrected chi connectivity index (χ2v) is 4.35. The molecule has 0 aliphatic heterocycles. The molecule has 6 N–H and O–H groups in total. The number of hydrogen-bond acceptors (Lipinski definition) is 4. The number of allylic oxidation sites excluding steroid dienone is 1. The summed E-state index contributed by atoms with van der Waals surface area (Å²) in [6.45, 7) is 0. The first-order chi connectivity index (χ1) is 8.65. The third-order valence-electron chi connectivity index (χ3n) is 3.03. The summed E-state index contributed by atoms with van der Waals surface area (Å²) in [4.78, 5) is 11.8. The largest absolute Gasteiger partial charge is 0.403 e. The maximum Gasteiger partial charge on any atom is 0.255 e. The highest BCUT2D eigenvalue weighted by Crippen LogP contribution is 2.38. The van der Waals surface area contributed by atoms with Crippen LogP contribution in [0.15, 0.2) is 36.2 Å². The van der Waals surface area contributed by atoms with E-state index in [4.69, 9.17) is 16.9 Å². The lowest BCUT2D eigenvalue weighted by molar-refractivity contribution is 0.0968. The van der Waals surface area contributed by atoms with Crippen molar-refractivity contribution >= 4 is 12.1 Å². The van der Waals surface area contributed by atoms with Crippen molar-refractivity contribution in [2.45, 2.75) is 18.4 Å². The van der Waals surface area contributed by atoms with Gasteiger partial charge in [-0.05, 0) is 24.1 Å². The van der Waals surface area contributed by atoms with E-state index in [0.717, 1.165) is 12.6 Å². The zero-order chi connectivity index (χ0) is 13.1. The molecule has 0 aromatic heterocycles. The number of hydrogen-bond donors (Lipinski definition) is 4. The molecular formula is C13H16N4O. The van der Waals surface area contributed by atoms with E-state index in [1.807, 2.05) is 12.1 Å². The quantitative estimate of drug-likeness (QED) is 0.585. The van der Waals surface area contributed by atoms with Crippen LogP contribution in [0.2, 0.25) is 0 Å². The van der Waals surface area contributed by atoms with Crippen molar-refractivity contribution in [1.82, 2.24) is 5.32 Å². The lowest BCUT2D eigenvalue weighted by Gasteiger charge is -2.05. The fourth-order valence-corrected chi connectivity index (χ4v) is 1.81. The molecule has 0 heterocycles. The lowest BCUT2D eigenvalue weighted by atomic mass is 10.1. The Morgan fingerprint density at radius 2 is 2.00 bits per heavy atom. The van der Waals surface area contributed by atoms with Crippen LogP contribution in [0.5, 0.6) is 0 Å². The van der Waals surface area contributed by atoms with Crippen LogP contribution in [0.3, 0.4) is 0 Å². The Morgan fingerprint density at radius 1 is 1.39 bits per heavy atom. The van der Waals surface area contributed by atoms with Crippen molar-refractivity contribution in [3.05, 3.63) is 47.3 Å². The monoisotopic (exact) mass is 244 g/mol. The van der Waals surface area contributed by atoms with E-state index in [1.165, 1.54) is 11.8 Å². The third-order valence-corrected chi connectivity index (χ3v) is 3.03. The van der Waals surface area contributed by atoms with Crippen LogP contribution < -0.4 is 16.8 Å². The van der Waals surface area contributed by atoms with E-state index in [9.17, 15) is 4.79 Å². The highest BCUT2D eigenvalue weighted by atomic mass is 16.1. The van der Waals surface area contributed by atoms with E-state index < -0.39 is 0 Å². The van der Waals surface area contributed by atoms with Gasteiger partial charge in [-0.1, -0.05) is 12.1 Å². The third kappa shape index (κ3) is 2.57. The molecule has 1 aliphatic carbocycles. The van der Waals surface area contributed by atoms with Gasteiger partial charge in [0.15, 0.2) is 0 Å². The number of carbonyl (C=O) groups is 1. The van der Waals surface area contributed by atoms with Crippen molar-refractivity contribution < 1.29 is 4.79 Å². The first-order valence-corrected chi connectivity index (χ1v) is 5.75. The standard InChI is InChI=1S/C13H16N4O/c14-6-10(7-15)17-13(18)9-3-1-8(2-4-9)11-5-12(11)16/h1-4,6-7,11-12,14H,5,15-16H2,(H,17,18)/b10-7+,14-6?. The Kier molecular flexibility index (Phi) is 3.43. The minimum absolute atomic E-state index is 0.259. The van der Waals surface area contributed by atoms with Crippen LogP contribution in [0, 0.1) is 5.41 Å². The molecule has 5 nitrogen and oxygen atoms in total. The summed E-state index contributed by atoms with van der Waals surface area (Å²) < 4.78 is 0. The maximum absolute atomic E-state index is 11.8. The van der Waals surface area contributed by atoms with Crippen molar-refractivity contribution in [2.24, 2.45) is 11.5 Å². The van der Waals surface area contributed by atoms with E-state index in [-0.39, 0.29) is 17.6 Å². The Bertz CT molecular complexity index is 492. The van der Waals surface area contributed by atoms with Crippen LogP contribution >= 0.6 is 0 Å². The predicted octanol–water partition coefficient (Wildman–Crippen LogP) is 0.681. The van der Waals surface area contributed by atoms with Gasteiger partial charge in [0, 0.05) is 29.9 Å². The van der Waals surface area contributed by atoms with E-state index in [0.29, 0.717) is 11.5 Å². The summed E-state index contributed by atoms with van der Waals surface area (Å²) in [6.07, 6.45) is 3.19. The van der Waals surface area contributed by atoms with Crippen LogP contribution in [-0.4, -0.2) is 18.2 Å². The average molecular weight is 244 g/mol. The first kappa shape index (κ1) is 12.3. The van der Waals surface area contributed by atoms with Gasteiger partial charge in [0.1, 0.15) is 0 Å². The second-order valence-electron chi connectivity index (χ2n) is 4.35. The molecular weight excluding hydrogens is 228 g/mol. The van der Waals surface area contributed by atoms with Gasteiger partial charge < -0.3 is 22.2 Å². The van der Waals surface area contributed by atoms with Gasteiger partial charge in [0.2, 0.25) is 0 Å². The van der Waals surface area contributed by atoms with Crippen molar-refractivity contribution in [1.29, 1.82) is 5.41 Å². The molecule has 0 saturated heterocycles. The Hall–Kier alpha value is -2.14. The molecule has 2 atom stereocenters. The predicted molar refractivity (Wildman–Crippen MR) is 70.3 cm³/mol. The molecule has 0 spiro atoms. The summed E-state index contributed by atoms with van der Waals surface area (Å²) in [6, 6.07) is 7.61. The summed E-state index contributed by atoms with van der Waals surface area (Å²) in [7, 11) is 0. The molecule has 18 heavy (non-hydrogen) atoms. The molecule has 5 heteroatoms. The van der Waals surface area contributed by atoms with Gasteiger partial charge in [0.05, 0.1) is 5.70 Å². The summed E-state index contributed by atoms with van der Waals surface area (Å²) in [5.74, 6) is 0.157. The molecule has 2 unspecified atom stereocenters. The minimum atomic E-state index is -0.276. The number of rotatable bonds is 4. The highest BCUT2D eigenvalue weighted by molar-refractivity contribution is 5.98. The lowest BCUT2D eigenvalue weighted by Crippen LogP contribution is -2.24. The van der Waals surface area contributed by atoms with Crippen LogP contribution in [0.25, 0.3) is 0 Å². The molecule has 1 saturated carbocycles. The summed E-state index contributed by atoms with van der Waals surface area (Å²) in [5.41, 5.74) is 13.0. The Morgan fingerprint density at radius 3 is 2.44 bits per heavy atom. The van der Waals surface area contributed by atoms with Gasteiger partial charge in [-0.2, -0.15) is 0 Å². The van der Waals surface area contributed by atoms with E-state index in [2.05, 4.69) is 5.32 Å². The fourth-order valence-electron chi connectivity index (χ4n) is 1.81. The molecule has 2 rings (SSSR count). The Labute approximate surface area is 105 Å². The maximum atomic E-state index is 11.8. The molecule has 0 bridgehead atoms. The van der Waals surface area contributed by atoms with Gasteiger partial charge >= 0.3 is 0 Å². The summed E-state index contributed by atoms with van der Waals surface area (Å²) >= 11 is 0. The van der Waals surface area contributed by atoms with E-state index >= 15 is 0 Å². The molecule has 1 fully saturated rings. The molecule has 1 aromatic rings. The number of carbonyl (C=O) groups excluding carboxylic acids is 1. The molecule has 0 radical (unpaired) electrons. The number of nitrogens with two attached hydrogens (primary N) is 2.